The highest BCUT2D eigenvalue weighted by molar-refractivity contribution is 5.80. The Bertz CT molecular complexity index is 3120. The van der Waals surface area contributed by atoms with E-state index in [4.69, 9.17) is 66.3 Å². The minimum absolute atomic E-state index is 0.00556. The molecule has 0 amide bonds. The van der Waals surface area contributed by atoms with Crippen LogP contribution >= 0.6 is 0 Å². The number of ether oxygens (including phenoxy) is 14. The van der Waals surface area contributed by atoms with Gasteiger partial charge in [-0.25, -0.2) is 4.79 Å². The molecule has 7 saturated heterocycles. The van der Waals surface area contributed by atoms with E-state index in [9.17, 15) is 107 Å². The lowest BCUT2D eigenvalue weighted by Gasteiger charge is -2.71. The van der Waals surface area contributed by atoms with E-state index >= 15 is 4.79 Å². The van der Waals surface area contributed by atoms with Crippen LogP contribution in [-0.2, 0) is 80.7 Å². The average molecular weight is 1530 g/mol. The minimum atomic E-state index is -2.23. The van der Waals surface area contributed by atoms with Gasteiger partial charge in [-0.05, 0) is 118 Å². The summed E-state index contributed by atoms with van der Waals surface area (Å²) in [6, 6.07) is 0. The van der Waals surface area contributed by atoms with Gasteiger partial charge in [-0.15, -0.1) is 0 Å². The lowest BCUT2D eigenvalue weighted by Crippen LogP contribution is -2.69. The molecule has 19 N–H and O–H groups in total. The fourth-order valence-corrected chi connectivity index (χ4v) is 20.2. The van der Waals surface area contributed by atoms with Gasteiger partial charge in [-0.2, -0.15) is 0 Å². The number of esters is 1. The highest BCUT2D eigenvalue weighted by Crippen LogP contribution is 2.76. The molecule has 0 unspecified atom stereocenters. The van der Waals surface area contributed by atoms with Crippen LogP contribution in [0.4, 0.5) is 0 Å². The molecule has 7 aliphatic heterocycles. The molecule has 0 bridgehead atoms. The normalized spacial score (nSPS) is 55.4. The first-order chi connectivity index (χ1) is 49.6. The molecule has 606 valence electrons. The van der Waals surface area contributed by atoms with Gasteiger partial charge in [0.25, 0.3) is 0 Å². The maximum Gasteiger partial charge on any atom is 0.335 e. The van der Waals surface area contributed by atoms with Crippen LogP contribution in [0.3, 0.4) is 0 Å². The van der Waals surface area contributed by atoms with Crippen molar-refractivity contribution in [2.45, 2.75) is 335 Å². The summed E-state index contributed by atoms with van der Waals surface area (Å²) >= 11 is 0. The number of carbonyl (C=O) groups is 3. The van der Waals surface area contributed by atoms with Crippen molar-refractivity contribution in [1.82, 2.24) is 0 Å². The lowest BCUT2D eigenvalue weighted by atomic mass is 9.33. The molecule has 43 atom stereocenters. The van der Waals surface area contributed by atoms with Gasteiger partial charge in [-0.1, -0.05) is 53.2 Å². The number of allylic oxidation sites excluding steroid dienone is 2. The van der Waals surface area contributed by atoms with E-state index in [1.165, 1.54) is 20.8 Å². The second-order valence-corrected chi connectivity index (χ2v) is 33.6. The zero-order valence-corrected chi connectivity index (χ0v) is 60.5. The monoisotopic (exact) mass is 1530 g/mol. The predicted molar refractivity (Wildman–Crippen MR) is 347 cm³/mol. The topological polar surface area (TPSA) is 565 Å². The van der Waals surface area contributed by atoms with E-state index in [-0.39, 0.29) is 25.2 Å². The van der Waals surface area contributed by atoms with Crippen LogP contribution in [0.15, 0.2) is 11.6 Å². The molecule has 0 spiro atoms. The van der Waals surface area contributed by atoms with Crippen LogP contribution in [-0.4, -0.2) is 350 Å². The first-order valence-electron chi connectivity index (χ1n) is 36.9. The van der Waals surface area contributed by atoms with Gasteiger partial charge in [0.05, 0.1) is 55.8 Å². The third-order valence-electron chi connectivity index (χ3n) is 26.8. The Morgan fingerprint density at radius 2 is 1.00 bits per heavy atom. The molecule has 36 heteroatoms. The second kappa shape index (κ2) is 30.8. The van der Waals surface area contributed by atoms with Crippen LogP contribution in [0.1, 0.15) is 120 Å². The van der Waals surface area contributed by atoms with Crippen molar-refractivity contribution in [1.29, 1.82) is 0 Å². The fourth-order valence-electron chi connectivity index (χ4n) is 20.2. The Morgan fingerprint density at radius 3 is 1.59 bits per heavy atom. The molecule has 12 rings (SSSR count). The summed E-state index contributed by atoms with van der Waals surface area (Å²) in [7, 11) is 0. The number of hydrogen-bond acceptors (Lipinski definition) is 35. The number of fused-ring (bicyclic) bond motifs is 7. The Balaban J connectivity index is 0.834. The third kappa shape index (κ3) is 14.0. The lowest BCUT2D eigenvalue weighted by molar-refractivity contribution is -0.391. The number of aldehydes is 1. The van der Waals surface area contributed by atoms with Gasteiger partial charge in [0.15, 0.2) is 49.9 Å². The van der Waals surface area contributed by atoms with Gasteiger partial charge in [0.1, 0.15) is 140 Å². The highest BCUT2D eigenvalue weighted by atomic mass is 16.8. The van der Waals surface area contributed by atoms with E-state index in [1.807, 2.05) is 0 Å². The van der Waals surface area contributed by atoms with Gasteiger partial charge in [-0.3, -0.25) is 4.79 Å². The predicted octanol–water partition coefficient (Wildman–Crippen LogP) is -5.96. The highest BCUT2D eigenvalue weighted by Gasteiger charge is 2.73. The van der Waals surface area contributed by atoms with E-state index in [1.54, 1.807) is 6.92 Å². The van der Waals surface area contributed by atoms with E-state index < -0.39 is 291 Å². The number of carboxylic acids is 1. The van der Waals surface area contributed by atoms with E-state index in [0.717, 1.165) is 11.9 Å². The Labute approximate surface area is 610 Å². The number of hydrogen-bond donors (Lipinski definition) is 19. The minimum Gasteiger partial charge on any atom is -0.479 e. The zero-order chi connectivity index (χ0) is 77.5. The SMILES string of the molecule is C[C@@H]1O[C@@H](O[C@@H]2[C@H](O)[C@@H](C)O[C@@H](OC(=O)[C@]34CCC(C)(C)C[C@H]3C3=CC[C@@H]5[C@]6(C)CC[C@@H](O[C@@H]7O[C@@H](C(=O)O)[C@H](O)[C@H](O[C@H]8OC[C@@H](O)[C@H](O)[C@@H]8O)[C@H]7O[C@@H]7O[C@H](CO)[C@@H](O)[C@H](O)[C@H]7O)[C@](C)(C=O)[C@@H]6CC[C@]5(C)[C@]3(C)C[C@@H]4O)[C@H]2O[C@H]2O[C@@H](C)[C@H](O[C@@H]3OC[C@@H](O)[C@@H](O)[C@H]3O)[C@H](O)[C@@H]2O)[C@H](O)[C@H](O)[C@@H]1O. The number of aliphatic carboxylic acids is 1. The molecular weight excluding hydrogens is 1420 g/mol. The van der Waals surface area contributed by atoms with Gasteiger partial charge >= 0.3 is 11.9 Å². The zero-order valence-electron chi connectivity index (χ0n) is 60.5. The largest absolute Gasteiger partial charge is 0.479 e. The fraction of sp³-hybridized carbons (Fsp3) is 0.929. The maximum absolute atomic E-state index is 16.1. The van der Waals surface area contributed by atoms with Crippen LogP contribution in [0.5, 0.6) is 0 Å². The first-order valence-corrected chi connectivity index (χ1v) is 36.9. The maximum atomic E-state index is 16.1. The number of carbonyl (C=O) groups excluding carboxylic acids is 2. The molecule has 0 aromatic rings. The number of rotatable bonds is 17. The summed E-state index contributed by atoms with van der Waals surface area (Å²) in [5, 5.41) is 210. The molecule has 0 aromatic carbocycles. The molecular formula is C70H110O36. The van der Waals surface area contributed by atoms with Crippen molar-refractivity contribution in [2.75, 3.05) is 19.8 Å². The number of aliphatic hydroxyl groups is 18. The van der Waals surface area contributed by atoms with Crippen molar-refractivity contribution in [3.63, 3.8) is 0 Å². The van der Waals surface area contributed by atoms with Crippen molar-refractivity contribution in [2.24, 2.45) is 50.2 Å². The molecule has 4 saturated carbocycles. The summed E-state index contributed by atoms with van der Waals surface area (Å²) in [5.74, 6) is -4.19. The second-order valence-electron chi connectivity index (χ2n) is 33.6. The smallest absolute Gasteiger partial charge is 0.335 e. The Kier molecular flexibility index (Phi) is 24.0. The van der Waals surface area contributed by atoms with Crippen molar-refractivity contribution in [3.05, 3.63) is 11.6 Å². The van der Waals surface area contributed by atoms with Gasteiger partial charge in [0, 0.05) is 0 Å². The van der Waals surface area contributed by atoms with Crippen molar-refractivity contribution >= 4 is 18.2 Å². The van der Waals surface area contributed by atoms with Crippen LogP contribution < -0.4 is 0 Å². The summed E-state index contributed by atoms with van der Waals surface area (Å²) < 4.78 is 85.1. The molecule has 0 aromatic heterocycles. The van der Waals surface area contributed by atoms with Crippen LogP contribution in [0.2, 0.25) is 0 Å². The molecule has 12 aliphatic rings. The van der Waals surface area contributed by atoms with Gasteiger partial charge in [0.2, 0.25) is 6.29 Å². The van der Waals surface area contributed by atoms with Crippen LogP contribution in [0.25, 0.3) is 0 Å². The first kappa shape index (κ1) is 82.6. The van der Waals surface area contributed by atoms with Crippen molar-refractivity contribution < 1.29 is 178 Å². The summed E-state index contributed by atoms with van der Waals surface area (Å²) in [6.45, 7) is 14.4. The molecule has 7 heterocycles. The summed E-state index contributed by atoms with van der Waals surface area (Å²) in [4.78, 5) is 43.4. The summed E-state index contributed by atoms with van der Waals surface area (Å²) in [6.07, 6.45) is -56.7. The van der Waals surface area contributed by atoms with E-state index in [2.05, 4.69) is 40.7 Å². The number of carboxylic acid groups (broad SMARTS) is 1. The quantitative estimate of drug-likeness (QED) is 0.0279. The van der Waals surface area contributed by atoms with Crippen molar-refractivity contribution in [3.8, 4) is 0 Å². The third-order valence-corrected chi connectivity index (χ3v) is 26.8. The molecule has 5 aliphatic carbocycles. The van der Waals surface area contributed by atoms with Gasteiger partial charge < -0.3 is 168 Å². The summed E-state index contributed by atoms with van der Waals surface area (Å²) in [5.41, 5.74) is -5.06. The molecule has 106 heavy (non-hydrogen) atoms. The standard InChI is InChI=1S/C70H110O36/c1-24-36(76)41(81)46(86)59(95-24)102-51-37(77)25(2)96-62(54(51)104-60-48(88)43(83)50(26(3)97-60)100-57-44(84)38(78)29(73)21-93-57)106-64(92)70-17-16-65(4,5)18-28(70)27-10-11-33-66(6)14-13-35(67(7,23-72)32(66)12-15-68(33,8)69(27,9)19-34(70)75)99-63-55(105-61-47(87)42(82)40(80)31(20-71)98-61)52(49(89)53(103-63)56(90)91)101-58-45(85)39(79)30(74)22-94-58/h10,23-26,28-55,57-63,71,73-89H,11-22H2,1-9H3,(H,90,91)/t24-,25+,26-,28-,29+,30+,31+,32+,33+,34-,35+,36+,37+,38+,39-,40+,41+,42-,43+,44+,45-,46+,47+,48-,49+,50-,51+,52-,53+,54-,55+,57-,58+,59-,60+,61-,62-,63+,66+,67+,68-,69+,70+/m0/s1. The molecule has 11 fully saturated rings. The molecule has 36 nitrogen and oxygen atoms in total. The van der Waals surface area contributed by atoms with Crippen LogP contribution in [0, 0.1) is 50.2 Å². The van der Waals surface area contributed by atoms with E-state index in [0.29, 0.717) is 38.5 Å². The Morgan fingerprint density at radius 1 is 0.491 bits per heavy atom. The number of aliphatic hydroxyl groups excluding tert-OH is 18. The average Bonchev–Trinajstić information content (AvgIpc) is 0.670. The molecule has 0 radical (unpaired) electrons. The Hall–Kier alpha value is -2.89.